The van der Waals surface area contributed by atoms with Crippen molar-refractivity contribution >= 4 is 27.5 Å². The van der Waals surface area contributed by atoms with Crippen LogP contribution in [0, 0.1) is 5.92 Å². The first-order valence-electron chi connectivity index (χ1n) is 6.63. The molecule has 1 aromatic rings. The predicted molar refractivity (Wildman–Crippen MR) is 81.9 cm³/mol. The lowest BCUT2D eigenvalue weighted by atomic mass is 10.0. The number of benzene rings is 1. The summed E-state index contributed by atoms with van der Waals surface area (Å²) in [5, 5.41) is 2.92. The van der Waals surface area contributed by atoms with Crippen molar-refractivity contribution in [1.29, 1.82) is 0 Å². The monoisotopic (exact) mass is 313 g/mol. The lowest BCUT2D eigenvalue weighted by Gasteiger charge is -2.22. The number of hydrogen-bond donors (Lipinski definition) is 1. The summed E-state index contributed by atoms with van der Waals surface area (Å²) in [7, 11) is -2.83. The molecule has 20 heavy (non-hydrogen) atoms. The van der Waals surface area contributed by atoms with Crippen LogP contribution < -0.4 is 5.32 Å². The van der Waals surface area contributed by atoms with E-state index in [0.717, 1.165) is 4.90 Å². The molecule has 0 aromatic heterocycles. The number of amides is 1. The van der Waals surface area contributed by atoms with Gasteiger partial charge in [-0.3, -0.25) is 4.79 Å². The van der Waals surface area contributed by atoms with Crippen LogP contribution in [0.25, 0.3) is 0 Å². The lowest BCUT2D eigenvalue weighted by Crippen LogP contribution is -2.34. The highest BCUT2D eigenvalue weighted by atomic mass is 32.2. The summed E-state index contributed by atoms with van der Waals surface area (Å²) < 4.78 is 22.7. The molecule has 0 saturated carbocycles. The van der Waals surface area contributed by atoms with Crippen molar-refractivity contribution in [1.82, 2.24) is 5.32 Å². The Morgan fingerprint density at radius 2 is 1.95 bits per heavy atom. The molecule has 1 fully saturated rings. The average Bonchev–Trinajstić information content (AvgIpc) is 2.45. The van der Waals surface area contributed by atoms with Crippen LogP contribution in [0.4, 0.5) is 0 Å². The Bertz CT molecular complexity index is 570. The molecule has 0 spiro atoms. The van der Waals surface area contributed by atoms with Gasteiger partial charge in [0.15, 0.2) is 0 Å². The van der Waals surface area contributed by atoms with E-state index >= 15 is 0 Å². The highest BCUT2D eigenvalue weighted by molar-refractivity contribution is 7.98. The van der Waals surface area contributed by atoms with Crippen LogP contribution >= 0.6 is 11.8 Å². The minimum absolute atomic E-state index is 0.0802. The average molecular weight is 313 g/mol. The fourth-order valence-electron chi connectivity index (χ4n) is 2.31. The number of carbonyl (C=O) groups excluding carboxylic acids is 1. The molecule has 0 aliphatic carbocycles. The molecular weight excluding hydrogens is 294 g/mol. The third-order valence-corrected chi connectivity index (χ3v) is 6.09. The third-order valence-electron chi connectivity index (χ3n) is 3.58. The standard InChI is InChI=1S/C14H19NO3S2/c1-19-13-5-3-2-4-12(13)14(16)15-10-11-6-8-20(17,18)9-7-11/h2-5,11H,6-10H2,1H3,(H,15,16). The highest BCUT2D eigenvalue weighted by Crippen LogP contribution is 2.21. The molecule has 4 nitrogen and oxygen atoms in total. The van der Waals surface area contributed by atoms with E-state index in [1.54, 1.807) is 11.8 Å². The smallest absolute Gasteiger partial charge is 0.252 e. The molecule has 1 aromatic carbocycles. The summed E-state index contributed by atoms with van der Waals surface area (Å²) in [6, 6.07) is 7.50. The molecular formula is C14H19NO3S2. The summed E-state index contributed by atoms with van der Waals surface area (Å²) in [6.07, 6.45) is 3.23. The topological polar surface area (TPSA) is 63.2 Å². The molecule has 1 saturated heterocycles. The van der Waals surface area contributed by atoms with Gasteiger partial charge in [0, 0.05) is 11.4 Å². The van der Waals surface area contributed by atoms with Crippen molar-refractivity contribution in [3.8, 4) is 0 Å². The Kier molecular flexibility index (Phi) is 5.10. The van der Waals surface area contributed by atoms with Gasteiger partial charge in [-0.15, -0.1) is 11.8 Å². The zero-order chi connectivity index (χ0) is 14.6. The Morgan fingerprint density at radius 3 is 2.60 bits per heavy atom. The fourth-order valence-corrected chi connectivity index (χ4v) is 4.49. The van der Waals surface area contributed by atoms with E-state index < -0.39 is 9.84 Å². The molecule has 1 amide bonds. The van der Waals surface area contributed by atoms with E-state index in [4.69, 9.17) is 0 Å². The van der Waals surface area contributed by atoms with Crippen molar-refractivity contribution in [2.75, 3.05) is 24.3 Å². The Morgan fingerprint density at radius 1 is 1.30 bits per heavy atom. The molecule has 0 bridgehead atoms. The fraction of sp³-hybridized carbons (Fsp3) is 0.500. The van der Waals surface area contributed by atoms with Gasteiger partial charge in [-0.1, -0.05) is 12.1 Å². The van der Waals surface area contributed by atoms with Crippen LogP contribution in [0.15, 0.2) is 29.2 Å². The maximum Gasteiger partial charge on any atom is 0.252 e. The Balaban J connectivity index is 1.90. The van der Waals surface area contributed by atoms with E-state index in [1.165, 1.54) is 0 Å². The van der Waals surface area contributed by atoms with Crippen molar-refractivity contribution < 1.29 is 13.2 Å². The van der Waals surface area contributed by atoms with Gasteiger partial charge in [0.05, 0.1) is 17.1 Å². The molecule has 0 unspecified atom stereocenters. The zero-order valence-electron chi connectivity index (χ0n) is 11.5. The van der Waals surface area contributed by atoms with Gasteiger partial charge in [-0.25, -0.2) is 8.42 Å². The van der Waals surface area contributed by atoms with Crippen LogP contribution in [-0.4, -0.2) is 38.6 Å². The largest absolute Gasteiger partial charge is 0.352 e. The summed E-state index contributed by atoms with van der Waals surface area (Å²) in [4.78, 5) is 13.1. The Labute approximate surface area is 124 Å². The molecule has 1 heterocycles. The second-order valence-corrected chi connectivity index (χ2v) is 8.16. The summed E-state index contributed by atoms with van der Waals surface area (Å²) in [5.74, 6) is 0.677. The minimum atomic E-state index is -2.83. The number of carbonyl (C=O) groups is 1. The van der Waals surface area contributed by atoms with Crippen molar-refractivity contribution in [3.63, 3.8) is 0 Å². The van der Waals surface area contributed by atoms with Gasteiger partial charge in [-0.05, 0) is 37.1 Å². The van der Waals surface area contributed by atoms with E-state index in [0.29, 0.717) is 24.9 Å². The normalized spacial score (nSPS) is 18.6. The maximum atomic E-state index is 12.2. The first kappa shape index (κ1) is 15.4. The molecule has 2 rings (SSSR count). The van der Waals surface area contributed by atoms with Crippen LogP contribution in [0.2, 0.25) is 0 Å². The van der Waals surface area contributed by atoms with Crippen molar-refractivity contribution in [2.24, 2.45) is 5.92 Å². The van der Waals surface area contributed by atoms with Gasteiger partial charge < -0.3 is 5.32 Å². The maximum absolute atomic E-state index is 12.2. The Hall–Kier alpha value is -1.01. The van der Waals surface area contributed by atoms with E-state index in [-0.39, 0.29) is 23.3 Å². The van der Waals surface area contributed by atoms with E-state index in [1.807, 2.05) is 30.5 Å². The minimum Gasteiger partial charge on any atom is -0.352 e. The number of hydrogen-bond acceptors (Lipinski definition) is 4. The van der Waals surface area contributed by atoms with Gasteiger partial charge in [-0.2, -0.15) is 0 Å². The summed E-state index contributed by atoms with van der Waals surface area (Å²) in [5.41, 5.74) is 0.684. The molecule has 110 valence electrons. The molecule has 1 aliphatic rings. The van der Waals surface area contributed by atoms with Crippen LogP contribution in [-0.2, 0) is 9.84 Å². The van der Waals surface area contributed by atoms with Gasteiger partial charge >= 0.3 is 0 Å². The molecule has 6 heteroatoms. The first-order valence-corrected chi connectivity index (χ1v) is 9.68. The zero-order valence-corrected chi connectivity index (χ0v) is 13.1. The SMILES string of the molecule is CSc1ccccc1C(=O)NCC1CCS(=O)(=O)CC1. The van der Waals surface area contributed by atoms with Crippen LogP contribution in [0.1, 0.15) is 23.2 Å². The summed E-state index contributed by atoms with van der Waals surface area (Å²) >= 11 is 1.54. The number of sulfone groups is 1. The van der Waals surface area contributed by atoms with Crippen molar-refractivity contribution in [3.05, 3.63) is 29.8 Å². The number of thioether (sulfide) groups is 1. The van der Waals surface area contributed by atoms with Crippen LogP contribution in [0.3, 0.4) is 0 Å². The quantitative estimate of drug-likeness (QED) is 0.863. The lowest BCUT2D eigenvalue weighted by molar-refractivity contribution is 0.0943. The number of rotatable bonds is 4. The van der Waals surface area contributed by atoms with E-state index in [9.17, 15) is 13.2 Å². The molecule has 0 atom stereocenters. The third kappa shape index (κ3) is 3.99. The van der Waals surface area contributed by atoms with E-state index in [2.05, 4.69) is 5.32 Å². The molecule has 0 radical (unpaired) electrons. The molecule has 1 N–H and O–H groups in total. The van der Waals surface area contributed by atoms with Gasteiger partial charge in [0.25, 0.3) is 5.91 Å². The first-order chi connectivity index (χ1) is 9.52. The summed E-state index contributed by atoms with van der Waals surface area (Å²) in [6.45, 7) is 0.553. The number of nitrogens with one attached hydrogen (secondary N) is 1. The predicted octanol–water partition coefficient (Wildman–Crippen LogP) is 1.96. The molecule has 1 aliphatic heterocycles. The highest BCUT2D eigenvalue weighted by Gasteiger charge is 2.24. The van der Waals surface area contributed by atoms with Gasteiger partial charge in [0.2, 0.25) is 0 Å². The second-order valence-electron chi connectivity index (χ2n) is 5.01. The second kappa shape index (κ2) is 6.63. The van der Waals surface area contributed by atoms with Crippen molar-refractivity contribution in [2.45, 2.75) is 17.7 Å². The van der Waals surface area contributed by atoms with Crippen LogP contribution in [0.5, 0.6) is 0 Å². The van der Waals surface area contributed by atoms with Gasteiger partial charge in [0.1, 0.15) is 9.84 Å².